The molecule has 0 radical (unpaired) electrons. The second-order valence-electron chi connectivity index (χ2n) is 6.99. The number of Topliss-reactive ketones (excluding diaryl/α,β-unsaturated/α-hetero) is 1. The van der Waals surface area contributed by atoms with Crippen LogP contribution >= 0.6 is 0 Å². The van der Waals surface area contributed by atoms with E-state index in [0.29, 0.717) is 4.90 Å². The lowest BCUT2D eigenvalue weighted by Gasteiger charge is -2.30. The number of carboxylic acids is 1. The number of nitrogens with zero attached hydrogens (tertiary/aromatic N) is 1. The van der Waals surface area contributed by atoms with Gasteiger partial charge in [0.25, 0.3) is 0 Å². The molecule has 0 aliphatic rings. The summed E-state index contributed by atoms with van der Waals surface area (Å²) in [6.07, 6.45) is 0.270. The minimum absolute atomic E-state index is 0.0161. The molecule has 154 valence electrons. The third kappa shape index (κ3) is 6.22. The van der Waals surface area contributed by atoms with E-state index in [-0.39, 0.29) is 18.8 Å². The molecule has 1 rings (SSSR count). The average Bonchev–Trinajstić information content (AvgIpc) is 2.64. The van der Waals surface area contributed by atoms with Gasteiger partial charge in [0.2, 0.25) is 11.8 Å². The fourth-order valence-electron chi connectivity index (χ4n) is 2.79. The van der Waals surface area contributed by atoms with Crippen molar-refractivity contribution < 1.29 is 24.3 Å². The number of benzene rings is 1. The topological polar surface area (TPSA) is 170 Å². The number of carbonyl (C=O) groups is 4. The summed E-state index contributed by atoms with van der Waals surface area (Å²) in [4.78, 5) is 49.9. The molecule has 0 spiro atoms. The Morgan fingerprint density at radius 1 is 1.00 bits per heavy atom. The normalized spacial score (nSPS) is 14.2. The Morgan fingerprint density at radius 2 is 1.54 bits per heavy atom. The van der Waals surface area contributed by atoms with Crippen LogP contribution in [0.5, 0.6) is 0 Å². The molecule has 1 aromatic rings. The Labute approximate surface area is 163 Å². The maximum absolute atomic E-state index is 12.9. The molecule has 3 atom stereocenters. The number of aliphatic carboxylic acids is 1. The molecule has 0 saturated heterocycles. The van der Waals surface area contributed by atoms with Crippen LogP contribution in [0.1, 0.15) is 25.8 Å². The van der Waals surface area contributed by atoms with E-state index in [4.69, 9.17) is 17.2 Å². The zero-order valence-electron chi connectivity index (χ0n) is 16.1. The second-order valence-corrected chi connectivity index (χ2v) is 6.99. The monoisotopic (exact) mass is 392 g/mol. The van der Waals surface area contributed by atoms with Gasteiger partial charge < -0.3 is 22.3 Å². The van der Waals surface area contributed by atoms with Gasteiger partial charge in [-0.25, -0.2) is 4.79 Å². The molecular formula is C19H28N4O5. The van der Waals surface area contributed by atoms with Crippen molar-refractivity contribution in [3.63, 3.8) is 0 Å². The minimum atomic E-state index is -2.06. The Morgan fingerprint density at radius 3 is 2.00 bits per heavy atom. The molecule has 0 fully saturated rings. The van der Waals surface area contributed by atoms with Crippen molar-refractivity contribution in [1.29, 1.82) is 0 Å². The van der Waals surface area contributed by atoms with Crippen molar-refractivity contribution in [3.8, 4) is 0 Å². The smallest absolute Gasteiger partial charge is 0.334 e. The van der Waals surface area contributed by atoms with Crippen LogP contribution in [0.3, 0.4) is 0 Å². The van der Waals surface area contributed by atoms with Gasteiger partial charge in [-0.1, -0.05) is 44.2 Å². The largest absolute Gasteiger partial charge is 0.479 e. The Hall–Kier alpha value is -2.62. The summed E-state index contributed by atoms with van der Waals surface area (Å²) in [5, 5.41) is 9.47. The summed E-state index contributed by atoms with van der Waals surface area (Å²) in [5.41, 5.74) is 17.8. The average molecular weight is 392 g/mol. The molecule has 9 nitrogen and oxygen atoms in total. The van der Waals surface area contributed by atoms with E-state index in [0.717, 1.165) is 5.56 Å². The quantitative estimate of drug-likeness (QED) is 0.377. The third-order valence-corrected chi connectivity index (χ3v) is 4.13. The van der Waals surface area contributed by atoms with Crippen LogP contribution < -0.4 is 17.2 Å². The van der Waals surface area contributed by atoms with Crippen LogP contribution in [-0.2, 0) is 25.6 Å². The first-order valence-corrected chi connectivity index (χ1v) is 8.97. The van der Waals surface area contributed by atoms with E-state index in [9.17, 15) is 24.3 Å². The first-order valence-electron chi connectivity index (χ1n) is 8.97. The summed E-state index contributed by atoms with van der Waals surface area (Å²) in [5.74, 6) is -4.58. The molecule has 2 amide bonds. The van der Waals surface area contributed by atoms with Crippen LogP contribution in [0, 0.1) is 5.92 Å². The van der Waals surface area contributed by atoms with Gasteiger partial charge in [0.1, 0.15) is 0 Å². The van der Waals surface area contributed by atoms with Crippen molar-refractivity contribution in [1.82, 2.24) is 4.90 Å². The number of imide groups is 1. The van der Waals surface area contributed by atoms with E-state index < -0.39 is 48.2 Å². The number of nitrogens with two attached hydrogens (primary N) is 3. The number of ketones is 1. The zero-order chi connectivity index (χ0) is 21.4. The zero-order valence-corrected chi connectivity index (χ0v) is 16.1. The lowest BCUT2D eigenvalue weighted by Crippen LogP contribution is -2.61. The van der Waals surface area contributed by atoms with Crippen LogP contribution in [-0.4, -0.2) is 58.2 Å². The number of rotatable bonds is 10. The highest BCUT2D eigenvalue weighted by Gasteiger charge is 2.42. The van der Waals surface area contributed by atoms with Crippen molar-refractivity contribution in [2.45, 2.75) is 44.8 Å². The van der Waals surface area contributed by atoms with E-state index in [1.54, 1.807) is 30.3 Å². The van der Waals surface area contributed by atoms with Crippen molar-refractivity contribution in [2.24, 2.45) is 23.1 Å². The summed E-state index contributed by atoms with van der Waals surface area (Å²) >= 11 is 0. The molecule has 3 unspecified atom stereocenters. The molecule has 0 saturated carbocycles. The lowest BCUT2D eigenvalue weighted by atomic mass is 9.99. The van der Waals surface area contributed by atoms with Gasteiger partial charge >= 0.3 is 5.97 Å². The Kier molecular flexibility index (Phi) is 8.90. The van der Waals surface area contributed by atoms with Gasteiger partial charge in [-0.3, -0.25) is 19.3 Å². The first kappa shape index (κ1) is 23.4. The van der Waals surface area contributed by atoms with Gasteiger partial charge in [-0.05, 0) is 24.3 Å². The standard InChI is InChI=1S/C19H28N4O5/c1-11(2)8-13(21)17(25)23(16(19(27)28)15(24)10-20)18(26)14(22)9-12-6-4-3-5-7-12/h3-7,11,13-14,16H,8-10,20-22H2,1-2H3,(H,27,28). The van der Waals surface area contributed by atoms with Crippen LogP contribution in [0.15, 0.2) is 30.3 Å². The summed E-state index contributed by atoms with van der Waals surface area (Å²) in [6.45, 7) is 2.99. The van der Waals surface area contributed by atoms with E-state index in [2.05, 4.69) is 0 Å². The summed E-state index contributed by atoms with van der Waals surface area (Å²) in [6, 6.07) is 4.33. The van der Waals surface area contributed by atoms with Gasteiger partial charge in [0, 0.05) is 0 Å². The van der Waals surface area contributed by atoms with Crippen LogP contribution in [0.2, 0.25) is 0 Å². The molecule has 0 aliphatic carbocycles. The molecule has 0 bridgehead atoms. The highest BCUT2D eigenvalue weighted by atomic mass is 16.4. The predicted molar refractivity (Wildman–Crippen MR) is 103 cm³/mol. The lowest BCUT2D eigenvalue weighted by molar-refractivity contribution is -0.162. The number of hydrogen-bond acceptors (Lipinski definition) is 7. The van der Waals surface area contributed by atoms with Crippen molar-refractivity contribution in [3.05, 3.63) is 35.9 Å². The maximum atomic E-state index is 12.9. The number of carboxylic acid groups (broad SMARTS) is 1. The fraction of sp³-hybridized carbons (Fsp3) is 0.474. The van der Waals surface area contributed by atoms with E-state index >= 15 is 0 Å². The van der Waals surface area contributed by atoms with Gasteiger partial charge in [-0.2, -0.15) is 0 Å². The molecule has 1 aromatic carbocycles. The fourth-order valence-corrected chi connectivity index (χ4v) is 2.79. The molecule has 9 heteroatoms. The Balaban J connectivity index is 3.23. The van der Waals surface area contributed by atoms with E-state index in [1.807, 2.05) is 13.8 Å². The SMILES string of the molecule is CC(C)CC(N)C(=O)N(C(=O)C(N)Cc1ccccc1)C(C(=O)O)C(=O)CN. The highest BCUT2D eigenvalue weighted by molar-refractivity contribution is 6.12. The predicted octanol–water partition coefficient (Wildman–Crippen LogP) is -0.734. The third-order valence-electron chi connectivity index (χ3n) is 4.13. The molecule has 7 N–H and O–H groups in total. The first-order chi connectivity index (χ1) is 13.1. The summed E-state index contributed by atoms with van der Waals surface area (Å²) in [7, 11) is 0. The van der Waals surface area contributed by atoms with Crippen LogP contribution in [0.4, 0.5) is 0 Å². The van der Waals surface area contributed by atoms with Crippen molar-refractivity contribution >= 4 is 23.6 Å². The van der Waals surface area contributed by atoms with Crippen LogP contribution in [0.25, 0.3) is 0 Å². The molecule has 0 aromatic heterocycles. The molecular weight excluding hydrogens is 364 g/mol. The highest BCUT2D eigenvalue weighted by Crippen LogP contribution is 2.13. The Bertz CT molecular complexity index is 708. The van der Waals surface area contributed by atoms with Gasteiger partial charge in [-0.15, -0.1) is 0 Å². The van der Waals surface area contributed by atoms with Gasteiger partial charge in [0.15, 0.2) is 11.8 Å². The number of hydrogen-bond donors (Lipinski definition) is 4. The number of carbonyl (C=O) groups excluding carboxylic acids is 3. The minimum Gasteiger partial charge on any atom is -0.479 e. The molecule has 0 heterocycles. The maximum Gasteiger partial charge on any atom is 0.334 e. The number of amides is 2. The second kappa shape index (κ2) is 10.6. The molecule has 0 aliphatic heterocycles. The molecule has 28 heavy (non-hydrogen) atoms. The van der Waals surface area contributed by atoms with E-state index in [1.165, 1.54) is 0 Å². The van der Waals surface area contributed by atoms with Crippen molar-refractivity contribution in [2.75, 3.05) is 6.54 Å². The summed E-state index contributed by atoms with van der Waals surface area (Å²) < 4.78 is 0. The van der Waals surface area contributed by atoms with Gasteiger partial charge in [0.05, 0.1) is 18.6 Å².